The Hall–Kier alpha value is -1.28. The van der Waals surface area contributed by atoms with Gasteiger partial charge in [-0.3, -0.25) is 23.4 Å². The molecule has 1 fully saturated rings. The number of H-pyrrole nitrogens is 1. The second-order valence-corrected chi connectivity index (χ2v) is 14.0. The number of aryl methyl sites for hydroxylation is 1. The first kappa shape index (κ1) is 33.9. The van der Waals surface area contributed by atoms with E-state index in [9.17, 15) is 52.5 Å². The van der Waals surface area contributed by atoms with Gasteiger partial charge in [-0.1, -0.05) is 0 Å². The first-order valence-electron chi connectivity index (χ1n) is 10.7. The molecule has 0 aromatic carbocycles. The van der Waals surface area contributed by atoms with Gasteiger partial charge in [0.25, 0.3) is 5.56 Å². The average Bonchev–Trinajstić information content (AvgIpc) is 3.12. The molecule has 1 aromatic heterocycles. The first-order chi connectivity index (χ1) is 17.9. The normalized spacial score (nSPS) is 25.6. The lowest BCUT2D eigenvalue weighted by Gasteiger charge is -2.21. The molecule has 1 aliphatic heterocycles. The summed E-state index contributed by atoms with van der Waals surface area (Å²) < 4.78 is 74.2. The van der Waals surface area contributed by atoms with Gasteiger partial charge in [-0.2, -0.15) is 12.9 Å². The van der Waals surface area contributed by atoms with Crippen molar-refractivity contribution in [2.45, 2.75) is 51.0 Å². The molecule has 6 N–H and O–H groups in total. The zero-order valence-electron chi connectivity index (χ0n) is 20.0. The fraction of sp³-hybridized carbons (Fsp3) is 0.625. The van der Waals surface area contributed by atoms with Crippen molar-refractivity contribution in [3.8, 4) is 12.3 Å². The molecule has 0 bridgehead atoms. The summed E-state index contributed by atoms with van der Waals surface area (Å²) in [5.41, 5.74) is -1.36. The number of rotatable bonds is 15. The van der Waals surface area contributed by atoms with Crippen LogP contribution in [0.1, 0.15) is 37.5 Å². The van der Waals surface area contributed by atoms with Crippen molar-refractivity contribution in [2.75, 3.05) is 13.2 Å². The van der Waals surface area contributed by atoms with E-state index in [0.717, 1.165) is 10.8 Å². The van der Waals surface area contributed by atoms with Crippen LogP contribution in [0.4, 0.5) is 0 Å². The monoisotopic (exact) mass is 642 g/mol. The summed E-state index contributed by atoms with van der Waals surface area (Å²) in [6.45, 7) is -0.00915. The molecule has 4 unspecified atom stereocenters. The first-order valence-corrected chi connectivity index (χ1v) is 16.7. The van der Waals surface area contributed by atoms with E-state index in [2.05, 4.69) is 27.9 Å². The van der Waals surface area contributed by atoms with Gasteiger partial charge in [0.1, 0.15) is 12.3 Å². The molecular weight excluding hydrogens is 616 g/mol. The van der Waals surface area contributed by atoms with Crippen molar-refractivity contribution < 1.29 is 69.7 Å². The maximum absolute atomic E-state index is 12.1. The molecule has 0 radical (unpaired) electrons. The second kappa shape index (κ2) is 13.6. The summed E-state index contributed by atoms with van der Waals surface area (Å²) in [6.07, 6.45) is 2.91. The highest BCUT2D eigenvalue weighted by Gasteiger charge is 2.46. The van der Waals surface area contributed by atoms with Crippen LogP contribution in [-0.2, 0) is 45.0 Å². The highest BCUT2D eigenvalue weighted by Crippen LogP contribution is 2.71. The minimum absolute atomic E-state index is 0.147. The van der Waals surface area contributed by atoms with Crippen LogP contribution in [0.15, 0.2) is 15.8 Å². The molecule has 0 amide bonds. The Kier molecular flexibility index (Phi) is 11.8. The number of aromatic amines is 1. The third-order valence-corrected chi connectivity index (χ3v) is 10.6. The molecule has 1 saturated heterocycles. The van der Waals surface area contributed by atoms with Crippen LogP contribution in [0.2, 0.25) is 0 Å². The largest absolute Gasteiger partial charge is 0.490 e. The van der Waals surface area contributed by atoms with E-state index in [1.165, 1.54) is 6.92 Å². The molecule has 7 atom stereocenters. The van der Waals surface area contributed by atoms with Gasteiger partial charge in [0.05, 0.1) is 19.3 Å². The molecule has 2 heterocycles. The van der Waals surface area contributed by atoms with Gasteiger partial charge in [0, 0.05) is 24.6 Å². The van der Waals surface area contributed by atoms with Crippen LogP contribution in [0, 0.1) is 19.3 Å². The number of aliphatic hydroxyl groups excluding tert-OH is 1. The van der Waals surface area contributed by atoms with Crippen molar-refractivity contribution in [1.29, 1.82) is 0 Å². The Balaban J connectivity index is 1.93. The summed E-state index contributed by atoms with van der Waals surface area (Å²) in [5.74, 6) is 2.30. The number of aromatic nitrogens is 2. The number of hydrogen-bond acceptors (Lipinski definition) is 13. The van der Waals surface area contributed by atoms with Crippen LogP contribution in [-0.4, -0.2) is 59.7 Å². The average molecular weight is 642 g/mol. The minimum atomic E-state index is -5.98. The van der Waals surface area contributed by atoms with Gasteiger partial charge >= 0.3 is 37.0 Å². The maximum Gasteiger partial charge on any atom is 0.490 e. The van der Waals surface area contributed by atoms with Gasteiger partial charge in [0.2, 0.25) is 0 Å². The van der Waals surface area contributed by atoms with Crippen LogP contribution in [0.3, 0.4) is 0 Å². The summed E-state index contributed by atoms with van der Waals surface area (Å²) in [6, 6.07) is 0. The minimum Gasteiger partial charge on any atom is -0.390 e. The highest BCUT2D eigenvalue weighted by molar-refractivity contribution is 7.69. The number of terminal acetylenes is 1. The van der Waals surface area contributed by atoms with Gasteiger partial charge in [0.15, 0.2) is 0 Å². The van der Waals surface area contributed by atoms with E-state index < -0.39 is 74.2 Å². The van der Waals surface area contributed by atoms with Crippen LogP contribution in [0.25, 0.3) is 0 Å². The Morgan fingerprint density at radius 3 is 2.18 bits per heavy atom. The fourth-order valence-corrected chi connectivity index (χ4v) is 7.96. The summed E-state index contributed by atoms with van der Waals surface area (Å²) >= 11 is 0. The number of nitrogens with one attached hydrogen (secondary N) is 1. The number of nitrogens with zero attached hydrogens (tertiary/aromatic N) is 1. The molecule has 0 spiro atoms. The highest BCUT2D eigenvalue weighted by atomic mass is 31.3. The Morgan fingerprint density at radius 2 is 1.59 bits per heavy atom. The van der Waals surface area contributed by atoms with E-state index in [-0.39, 0.29) is 18.4 Å². The Bertz CT molecular complexity index is 1370. The SMILES string of the molecule is C#CCCCCOP(=O)(O)OP(=O)(O)OP(=O)(O)OP(=O)(O)OC[C@H]1O[C@@H](n2cc(C)c(=O)[nH]c2=O)C[C@H]1O. The molecule has 2 rings (SSSR count). The molecule has 222 valence electrons. The van der Waals surface area contributed by atoms with Crippen LogP contribution >= 0.6 is 31.3 Å². The Labute approximate surface area is 220 Å². The zero-order chi connectivity index (χ0) is 29.6. The lowest BCUT2D eigenvalue weighted by atomic mass is 10.2. The molecule has 0 saturated carbocycles. The number of unbranched alkanes of at least 4 members (excludes halogenated alkanes) is 2. The smallest absolute Gasteiger partial charge is 0.390 e. The number of ether oxygens (including phenoxy) is 1. The summed E-state index contributed by atoms with van der Waals surface area (Å²) in [7, 11) is -22.8. The van der Waals surface area contributed by atoms with Gasteiger partial charge in [-0.25, -0.2) is 23.1 Å². The molecule has 1 aliphatic rings. The van der Waals surface area contributed by atoms with E-state index in [0.29, 0.717) is 12.8 Å². The van der Waals surface area contributed by atoms with E-state index in [4.69, 9.17) is 11.2 Å². The maximum atomic E-state index is 12.1. The van der Waals surface area contributed by atoms with Crippen LogP contribution in [0.5, 0.6) is 0 Å². The molecular formula is C16H26N2O17P4. The van der Waals surface area contributed by atoms with E-state index in [1.54, 1.807) is 0 Å². The standard InChI is InChI=1S/C16H26N2O17P4/c1-3-4-5-6-7-30-36(22,23)33-38(26,27)35-39(28,29)34-37(24,25)31-10-13-12(19)8-14(32-13)18-9-11(2)15(20)17-16(18)21/h1,9,12-14,19H,4-8,10H2,2H3,(H,22,23)(H,24,25)(H,26,27)(H,28,29)(H,17,20,21)/t12-,13-,14-/m1/s1. The molecule has 23 heteroatoms. The van der Waals surface area contributed by atoms with Crippen molar-refractivity contribution in [1.82, 2.24) is 9.55 Å². The van der Waals surface area contributed by atoms with Gasteiger partial charge in [-0.15, -0.1) is 12.3 Å². The Morgan fingerprint density at radius 1 is 1.03 bits per heavy atom. The van der Waals surface area contributed by atoms with E-state index >= 15 is 0 Å². The lowest BCUT2D eigenvalue weighted by Crippen LogP contribution is -2.33. The number of hydrogen-bond donors (Lipinski definition) is 6. The third kappa shape index (κ3) is 11.3. The van der Waals surface area contributed by atoms with Gasteiger partial charge < -0.3 is 29.4 Å². The van der Waals surface area contributed by atoms with Crippen molar-refractivity contribution in [3.05, 3.63) is 32.6 Å². The molecule has 0 aliphatic carbocycles. The number of phosphoric acid groups is 4. The van der Waals surface area contributed by atoms with Crippen molar-refractivity contribution in [2.24, 2.45) is 0 Å². The quantitative estimate of drug-likeness (QED) is 0.0875. The van der Waals surface area contributed by atoms with Gasteiger partial charge in [-0.05, 0) is 19.8 Å². The summed E-state index contributed by atoms with van der Waals surface area (Å²) in [4.78, 5) is 63.8. The van der Waals surface area contributed by atoms with E-state index in [1.807, 2.05) is 4.98 Å². The van der Waals surface area contributed by atoms with Crippen LogP contribution < -0.4 is 11.2 Å². The van der Waals surface area contributed by atoms with Crippen molar-refractivity contribution in [3.63, 3.8) is 0 Å². The zero-order valence-corrected chi connectivity index (χ0v) is 23.6. The summed E-state index contributed by atoms with van der Waals surface area (Å²) in [5, 5.41) is 10.1. The second-order valence-electron chi connectivity index (χ2n) is 7.82. The topological polar surface area (TPSA) is 280 Å². The predicted octanol–water partition coefficient (Wildman–Crippen LogP) is 0.782. The molecule has 39 heavy (non-hydrogen) atoms. The number of aliphatic hydroxyl groups is 1. The fourth-order valence-electron chi connectivity index (χ4n) is 2.98. The van der Waals surface area contributed by atoms with Crippen molar-refractivity contribution >= 4 is 31.3 Å². The molecule has 19 nitrogen and oxygen atoms in total. The molecule has 1 aromatic rings. The third-order valence-electron chi connectivity index (χ3n) is 4.65. The lowest BCUT2D eigenvalue weighted by molar-refractivity contribution is -0.0450. The number of phosphoric ester groups is 2. The predicted molar refractivity (Wildman–Crippen MR) is 128 cm³/mol.